The Morgan fingerprint density at radius 2 is 1.88 bits per heavy atom. The SMILES string of the molecule is COc1cc(-c2noc(COC(=O)c3cccc(N4C(=O)CCC4=O)c3)n2)ccc1OC(F)F. The molecule has 12 heteroatoms. The lowest BCUT2D eigenvalue weighted by atomic mass is 10.2. The average Bonchev–Trinajstić information content (AvgIpc) is 3.43. The van der Waals surface area contributed by atoms with Crippen molar-refractivity contribution in [3.63, 3.8) is 0 Å². The number of hydrogen-bond donors (Lipinski definition) is 0. The van der Waals surface area contributed by atoms with Gasteiger partial charge in [0.1, 0.15) is 0 Å². The van der Waals surface area contributed by atoms with Crippen molar-refractivity contribution in [3.8, 4) is 22.9 Å². The fourth-order valence-electron chi connectivity index (χ4n) is 3.28. The minimum absolute atomic E-state index is 0.0173. The Bertz CT molecular complexity index is 1230. The van der Waals surface area contributed by atoms with Gasteiger partial charge in [0.2, 0.25) is 17.6 Å². The molecule has 0 unspecified atom stereocenters. The van der Waals surface area contributed by atoms with Gasteiger partial charge in [-0.15, -0.1) is 0 Å². The highest BCUT2D eigenvalue weighted by Gasteiger charge is 2.30. The van der Waals surface area contributed by atoms with Crippen LogP contribution >= 0.6 is 0 Å². The predicted octanol–water partition coefficient (Wildman–Crippen LogP) is 3.36. The molecule has 1 aromatic heterocycles. The fraction of sp³-hybridized carbons (Fsp3) is 0.227. The van der Waals surface area contributed by atoms with Crippen LogP contribution in [-0.2, 0) is 20.9 Å². The van der Waals surface area contributed by atoms with Crippen molar-refractivity contribution >= 4 is 23.5 Å². The molecule has 0 spiro atoms. The highest BCUT2D eigenvalue weighted by molar-refractivity contribution is 6.20. The first-order valence-corrected chi connectivity index (χ1v) is 9.94. The van der Waals surface area contributed by atoms with Gasteiger partial charge in [0.15, 0.2) is 18.1 Å². The lowest BCUT2D eigenvalue weighted by Crippen LogP contribution is -2.28. The van der Waals surface area contributed by atoms with Crippen LogP contribution < -0.4 is 14.4 Å². The van der Waals surface area contributed by atoms with Crippen molar-refractivity contribution in [3.05, 3.63) is 53.9 Å². The minimum atomic E-state index is -3.01. The first kappa shape index (κ1) is 22.8. The number of hydrogen-bond acceptors (Lipinski definition) is 9. The van der Waals surface area contributed by atoms with Gasteiger partial charge >= 0.3 is 12.6 Å². The topological polar surface area (TPSA) is 121 Å². The molecule has 2 aromatic carbocycles. The summed E-state index contributed by atoms with van der Waals surface area (Å²) in [6.07, 6.45) is 0.252. The van der Waals surface area contributed by atoms with Crippen LogP contribution in [0.25, 0.3) is 11.4 Å². The summed E-state index contributed by atoms with van der Waals surface area (Å²) in [7, 11) is 1.29. The van der Waals surface area contributed by atoms with E-state index in [1.165, 1.54) is 43.5 Å². The number of aromatic nitrogens is 2. The third kappa shape index (κ3) is 4.85. The molecule has 0 aliphatic carbocycles. The van der Waals surface area contributed by atoms with E-state index in [1.54, 1.807) is 6.07 Å². The maximum absolute atomic E-state index is 12.5. The van der Waals surface area contributed by atoms with Gasteiger partial charge in [-0.3, -0.25) is 14.5 Å². The van der Waals surface area contributed by atoms with Crippen molar-refractivity contribution in [2.24, 2.45) is 0 Å². The molecule has 1 aliphatic heterocycles. The molecule has 1 fully saturated rings. The Labute approximate surface area is 191 Å². The minimum Gasteiger partial charge on any atom is -0.493 e. The lowest BCUT2D eigenvalue weighted by molar-refractivity contribution is -0.121. The Morgan fingerprint density at radius 1 is 1.12 bits per heavy atom. The number of amides is 2. The zero-order chi connectivity index (χ0) is 24.2. The van der Waals surface area contributed by atoms with E-state index in [0.29, 0.717) is 5.56 Å². The zero-order valence-electron chi connectivity index (χ0n) is 17.7. The van der Waals surface area contributed by atoms with E-state index in [0.717, 1.165) is 4.90 Å². The highest BCUT2D eigenvalue weighted by Crippen LogP contribution is 2.32. The van der Waals surface area contributed by atoms with Crippen molar-refractivity contribution in [1.29, 1.82) is 0 Å². The van der Waals surface area contributed by atoms with Gasteiger partial charge in [-0.1, -0.05) is 11.2 Å². The smallest absolute Gasteiger partial charge is 0.387 e. The predicted molar refractivity (Wildman–Crippen MR) is 110 cm³/mol. The Kier molecular flexibility index (Phi) is 6.48. The van der Waals surface area contributed by atoms with E-state index in [4.69, 9.17) is 14.0 Å². The number of rotatable bonds is 8. The van der Waals surface area contributed by atoms with Gasteiger partial charge in [-0.2, -0.15) is 13.8 Å². The maximum atomic E-state index is 12.5. The number of imide groups is 1. The van der Waals surface area contributed by atoms with Crippen LogP contribution in [0.15, 0.2) is 47.0 Å². The molecule has 0 radical (unpaired) electrons. The molecular weight excluding hydrogens is 456 g/mol. The first-order chi connectivity index (χ1) is 16.4. The summed E-state index contributed by atoms with van der Waals surface area (Å²) in [6.45, 7) is -3.36. The van der Waals surface area contributed by atoms with E-state index in [-0.39, 0.29) is 65.7 Å². The number of carbonyl (C=O) groups is 3. The number of nitrogens with zero attached hydrogens (tertiary/aromatic N) is 3. The molecule has 3 aromatic rings. The molecule has 0 atom stereocenters. The number of methoxy groups -OCH3 is 1. The van der Waals surface area contributed by atoms with E-state index in [2.05, 4.69) is 14.9 Å². The van der Waals surface area contributed by atoms with E-state index >= 15 is 0 Å². The van der Waals surface area contributed by atoms with Gasteiger partial charge in [0.25, 0.3) is 5.89 Å². The molecule has 0 saturated carbocycles. The van der Waals surface area contributed by atoms with Gasteiger partial charge in [-0.05, 0) is 36.4 Å². The second-order valence-corrected chi connectivity index (χ2v) is 7.01. The van der Waals surface area contributed by atoms with Crippen LogP contribution in [0.1, 0.15) is 29.1 Å². The van der Waals surface area contributed by atoms with E-state index < -0.39 is 12.6 Å². The second-order valence-electron chi connectivity index (χ2n) is 7.01. The molecule has 10 nitrogen and oxygen atoms in total. The number of esters is 1. The van der Waals surface area contributed by atoms with E-state index in [9.17, 15) is 23.2 Å². The zero-order valence-corrected chi connectivity index (χ0v) is 17.7. The van der Waals surface area contributed by atoms with E-state index in [1.807, 2.05) is 0 Å². The quantitative estimate of drug-likeness (QED) is 0.358. The normalized spacial score (nSPS) is 13.5. The molecule has 2 heterocycles. The fourth-order valence-corrected chi connectivity index (χ4v) is 3.28. The maximum Gasteiger partial charge on any atom is 0.387 e. The number of anilines is 1. The van der Waals surface area contributed by atoms with Crippen molar-refractivity contribution < 1.29 is 41.9 Å². The van der Waals surface area contributed by atoms with Gasteiger partial charge in [-0.25, -0.2) is 4.79 Å². The van der Waals surface area contributed by atoms with Crippen LogP contribution in [0.4, 0.5) is 14.5 Å². The number of benzene rings is 2. The number of halogens is 2. The monoisotopic (exact) mass is 473 g/mol. The summed E-state index contributed by atoms with van der Waals surface area (Å²) < 4.78 is 44.6. The first-order valence-electron chi connectivity index (χ1n) is 9.94. The molecule has 1 saturated heterocycles. The summed E-state index contributed by atoms with van der Waals surface area (Å²) in [5.41, 5.74) is 0.812. The highest BCUT2D eigenvalue weighted by atomic mass is 19.3. The van der Waals surface area contributed by atoms with Gasteiger partial charge in [0.05, 0.1) is 18.4 Å². The molecular formula is C22H17F2N3O7. The van der Waals surface area contributed by atoms with Gasteiger partial charge in [0, 0.05) is 18.4 Å². The average molecular weight is 473 g/mol. The van der Waals surface area contributed by atoms with Crippen LogP contribution in [0.2, 0.25) is 0 Å². The Hall–Kier alpha value is -4.35. The summed E-state index contributed by atoms with van der Waals surface area (Å²) >= 11 is 0. The van der Waals surface area contributed by atoms with Crippen molar-refractivity contribution in [2.75, 3.05) is 12.0 Å². The molecule has 2 amide bonds. The van der Waals surface area contributed by atoms with Crippen molar-refractivity contribution in [1.82, 2.24) is 10.1 Å². The third-order valence-electron chi connectivity index (χ3n) is 4.82. The third-order valence-corrected chi connectivity index (χ3v) is 4.82. The summed E-state index contributed by atoms with van der Waals surface area (Å²) in [4.78, 5) is 41.4. The molecule has 1 aliphatic rings. The largest absolute Gasteiger partial charge is 0.493 e. The second kappa shape index (κ2) is 9.65. The lowest BCUT2D eigenvalue weighted by Gasteiger charge is -2.14. The Morgan fingerprint density at radius 3 is 2.59 bits per heavy atom. The van der Waals surface area contributed by atoms with Crippen molar-refractivity contribution in [2.45, 2.75) is 26.1 Å². The summed E-state index contributed by atoms with van der Waals surface area (Å²) in [6, 6.07) is 10.1. The summed E-state index contributed by atoms with van der Waals surface area (Å²) in [5.74, 6) is -1.41. The van der Waals surface area contributed by atoms with Crippen LogP contribution in [0.3, 0.4) is 0 Å². The molecule has 176 valence electrons. The molecule has 0 bridgehead atoms. The van der Waals surface area contributed by atoms with Crippen LogP contribution in [0.5, 0.6) is 11.5 Å². The van der Waals surface area contributed by atoms with Crippen LogP contribution in [-0.4, -0.2) is 41.6 Å². The number of ether oxygens (including phenoxy) is 3. The summed E-state index contributed by atoms with van der Waals surface area (Å²) in [5, 5.41) is 3.78. The Balaban J connectivity index is 1.43. The standard InChI is InChI=1S/C22H17F2N3O7/c1-31-16-10-12(5-6-15(16)33-22(23)24)20-25-17(34-26-20)11-32-21(30)13-3-2-4-14(9-13)27-18(28)7-8-19(27)29/h2-6,9-10,22H,7-8,11H2,1H3. The molecule has 34 heavy (non-hydrogen) atoms. The number of alkyl halides is 2. The van der Waals surface area contributed by atoms with Gasteiger partial charge < -0.3 is 18.7 Å². The molecule has 0 N–H and O–H groups in total. The van der Waals surface area contributed by atoms with Crippen LogP contribution in [0, 0.1) is 0 Å². The molecule has 4 rings (SSSR count). The number of carbonyl (C=O) groups excluding carboxylic acids is 3.